The quantitative estimate of drug-likeness (QED) is 0.546. The minimum Gasteiger partial charge on any atom is -0.286 e. The fourth-order valence-electron chi connectivity index (χ4n) is 2.93. The van der Waals surface area contributed by atoms with E-state index in [0.29, 0.717) is 0 Å². The second-order valence-corrected chi connectivity index (χ2v) is 5.85. The topological polar surface area (TPSA) is 92.3 Å². The van der Waals surface area contributed by atoms with E-state index in [2.05, 4.69) is 0 Å². The minimum absolute atomic E-state index is 0.0510. The van der Waals surface area contributed by atoms with Gasteiger partial charge < -0.3 is 0 Å². The molecule has 1 aromatic rings. The summed E-state index contributed by atoms with van der Waals surface area (Å²) < 4.78 is 110. The van der Waals surface area contributed by atoms with E-state index in [1.54, 1.807) is 0 Å². The number of benzene rings is 1. The van der Waals surface area contributed by atoms with Crippen LogP contribution in [0, 0.1) is 0 Å². The number of hydrogen-bond donors (Lipinski definition) is 2. The fourth-order valence-corrected chi connectivity index (χ4v) is 2.93. The highest BCUT2D eigenvalue weighted by Gasteiger charge is 2.49. The van der Waals surface area contributed by atoms with Crippen LogP contribution in [0.25, 0.3) is 11.1 Å². The summed E-state index contributed by atoms with van der Waals surface area (Å²) in [4.78, 5) is 46.0. The molecule has 0 bridgehead atoms. The Bertz CT molecular complexity index is 1110. The molecule has 14 heteroatoms. The van der Waals surface area contributed by atoms with Gasteiger partial charge in [-0.15, -0.1) is 0 Å². The van der Waals surface area contributed by atoms with Gasteiger partial charge in [-0.3, -0.25) is 29.8 Å². The van der Waals surface area contributed by atoms with Crippen molar-refractivity contribution in [3.63, 3.8) is 0 Å². The Morgan fingerprint density at radius 2 is 1.10 bits per heavy atom. The Labute approximate surface area is 159 Å². The van der Waals surface area contributed by atoms with Crippen LogP contribution in [-0.2, 0) is 31.5 Å². The van der Waals surface area contributed by atoms with Crippen LogP contribution >= 0.6 is 0 Å². The zero-order chi connectivity index (χ0) is 22.8. The van der Waals surface area contributed by atoms with Crippen LogP contribution in [-0.4, -0.2) is 23.6 Å². The summed E-state index contributed by atoms with van der Waals surface area (Å²) in [6.07, 6.45) is -11.4. The van der Waals surface area contributed by atoms with Gasteiger partial charge in [0, 0.05) is 11.1 Å². The predicted molar refractivity (Wildman–Crippen MR) is 78.8 cm³/mol. The summed E-state index contributed by atoms with van der Waals surface area (Å²) in [6, 6.07) is -0.0119. The van der Waals surface area contributed by atoms with Gasteiger partial charge in [-0.25, -0.2) is 0 Å². The summed E-state index contributed by atoms with van der Waals surface area (Å²) in [5.41, 5.74) is -11.7. The number of carbonyl (C=O) groups is 4. The lowest BCUT2D eigenvalue weighted by Crippen LogP contribution is -2.26. The van der Waals surface area contributed by atoms with Gasteiger partial charge >= 0.3 is 12.4 Å². The molecule has 4 amide bonds. The zero-order valence-electron chi connectivity index (χ0n) is 13.8. The van der Waals surface area contributed by atoms with Crippen LogP contribution in [0.3, 0.4) is 0 Å². The lowest BCUT2D eigenvalue weighted by atomic mass is 9.86. The van der Waals surface area contributed by atoms with E-state index in [0.717, 1.165) is 0 Å². The molecule has 1 aromatic carbocycles. The number of rotatable bonds is 2. The first kappa shape index (κ1) is 21.1. The summed E-state index contributed by atoms with van der Waals surface area (Å²) >= 11 is 0. The van der Waals surface area contributed by atoms with Gasteiger partial charge in [0.15, 0.2) is 0 Å². The average molecular weight is 440 g/mol. The standard InChI is InChI=1S/C16H4F8N2O4/c17-9-5(11(27)25-13(9)29)3-1-2-4(15(19,20)21)6(8(3)16(22,23)24)7-10(18)14(30)26-12(7)28/h1-2H,(H,25,27,29)(H,26,28,30). The van der Waals surface area contributed by atoms with Gasteiger partial charge in [-0.05, 0) is 6.07 Å². The highest BCUT2D eigenvalue weighted by Crippen LogP contribution is 2.47. The third kappa shape index (κ3) is 3.13. The van der Waals surface area contributed by atoms with Gasteiger partial charge in [0.25, 0.3) is 23.6 Å². The minimum atomic E-state index is -5.82. The van der Waals surface area contributed by atoms with Crippen LogP contribution in [0.4, 0.5) is 35.1 Å². The maximum Gasteiger partial charge on any atom is 0.417 e. The Balaban J connectivity index is 2.55. The van der Waals surface area contributed by atoms with E-state index in [9.17, 15) is 54.3 Å². The molecule has 2 aliphatic heterocycles. The molecule has 30 heavy (non-hydrogen) atoms. The van der Waals surface area contributed by atoms with Crippen LogP contribution in [0.5, 0.6) is 0 Å². The molecule has 0 saturated carbocycles. The molecule has 0 atom stereocenters. The van der Waals surface area contributed by atoms with Crippen molar-refractivity contribution >= 4 is 34.8 Å². The van der Waals surface area contributed by atoms with Crippen molar-refractivity contribution in [1.82, 2.24) is 10.6 Å². The monoisotopic (exact) mass is 440 g/mol. The van der Waals surface area contributed by atoms with Crippen molar-refractivity contribution in [2.45, 2.75) is 12.4 Å². The molecule has 0 aromatic heterocycles. The number of carbonyl (C=O) groups excluding carboxylic acids is 4. The first-order chi connectivity index (χ1) is 13.7. The second kappa shape index (κ2) is 6.47. The van der Waals surface area contributed by atoms with Crippen molar-refractivity contribution < 1.29 is 54.3 Å². The van der Waals surface area contributed by atoms with E-state index >= 15 is 0 Å². The van der Waals surface area contributed by atoms with E-state index in [1.165, 1.54) is 10.6 Å². The lowest BCUT2D eigenvalue weighted by molar-refractivity contribution is -0.143. The fraction of sp³-hybridized carbons (Fsp3) is 0.125. The van der Waals surface area contributed by atoms with Crippen LogP contribution in [0.1, 0.15) is 22.3 Å². The van der Waals surface area contributed by atoms with Gasteiger partial charge in [0.05, 0.1) is 22.3 Å². The molecule has 0 spiro atoms. The molecule has 2 N–H and O–H groups in total. The summed E-state index contributed by atoms with van der Waals surface area (Å²) in [7, 11) is 0. The predicted octanol–water partition coefficient (Wildman–Crippen LogP) is 2.40. The first-order valence-electron chi connectivity index (χ1n) is 7.49. The third-order valence-corrected chi connectivity index (χ3v) is 4.06. The Kier molecular flexibility index (Phi) is 4.56. The normalized spacial score (nSPS) is 17.9. The molecule has 2 aliphatic rings. The third-order valence-electron chi connectivity index (χ3n) is 4.06. The van der Waals surface area contributed by atoms with Gasteiger partial charge in [-0.1, -0.05) is 6.07 Å². The summed E-state index contributed by atoms with van der Waals surface area (Å²) in [6.45, 7) is 0. The van der Waals surface area contributed by atoms with Crippen molar-refractivity contribution in [1.29, 1.82) is 0 Å². The van der Waals surface area contributed by atoms with E-state index in [-0.39, 0.29) is 12.1 Å². The maximum atomic E-state index is 14.1. The van der Waals surface area contributed by atoms with Crippen LogP contribution < -0.4 is 10.6 Å². The SMILES string of the molecule is O=C1NC(=O)C(c2ccc(C(F)(F)F)c(C3=C(F)C(=O)NC3=O)c2C(F)(F)F)=C1F. The van der Waals surface area contributed by atoms with Gasteiger partial charge in [-0.2, -0.15) is 35.1 Å². The molecular weight excluding hydrogens is 436 g/mol. The summed E-state index contributed by atoms with van der Waals surface area (Å²) in [5, 5.41) is 2.52. The molecule has 3 rings (SSSR count). The van der Waals surface area contributed by atoms with Crippen molar-refractivity contribution in [3.8, 4) is 0 Å². The smallest absolute Gasteiger partial charge is 0.286 e. The molecule has 0 unspecified atom stereocenters. The van der Waals surface area contributed by atoms with Crippen LogP contribution in [0.2, 0.25) is 0 Å². The highest BCUT2D eigenvalue weighted by atomic mass is 19.4. The molecule has 2 heterocycles. The molecule has 0 aliphatic carbocycles. The van der Waals surface area contributed by atoms with Crippen molar-refractivity contribution in [2.24, 2.45) is 0 Å². The van der Waals surface area contributed by atoms with Crippen molar-refractivity contribution in [3.05, 3.63) is 46.0 Å². The first-order valence-corrected chi connectivity index (χ1v) is 7.49. The zero-order valence-corrected chi connectivity index (χ0v) is 13.8. The number of amides is 4. The number of hydrogen-bond acceptors (Lipinski definition) is 4. The molecule has 158 valence electrons. The van der Waals surface area contributed by atoms with Crippen LogP contribution in [0.15, 0.2) is 23.8 Å². The van der Waals surface area contributed by atoms with E-state index in [1.807, 2.05) is 0 Å². The number of alkyl halides is 6. The number of imide groups is 2. The number of halogens is 8. The lowest BCUT2D eigenvalue weighted by Gasteiger charge is -2.22. The Morgan fingerprint density at radius 3 is 1.47 bits per heavy atom. The van der Waals surface area contributed by atoms with E-state index in [4.69, 9.17) is 0 Å². The second-order valence-electron chi connectivity index (χ2n) is 5.85. The van der Waals surface area contributed by atoms with Gasteiger partial charge in [0.2, 0.25) is 11.7 Å². The van der Waals surface area contributed by atoms with Gasteiger partial charge in [0.1, 0.15) is 0 Å². The Hall–Kier alpha value is -3.58. The number of nitrogens with one attached hydrogen (secondary N) is 2. The largest absolute Gasteiger partial charge is 0.417 e. The highest BCUT2D eigenvalue weighted by molar-refractivity contribution is 6.37. The maximum absolute atomic E-state index is 14.1. The molecule has 0 fully saturated rings. The molecular formula is C16H4F8N2O4. The molecule has 0 radical (unpaired) electrons. The molecule has 0 saturated heterocycles. The van der Waals surface area contributed by atoms with E-state index < -0.39 is 81.0 Å². The van der Waals surface area contributed by atoms with Crippen molar-refractivity contribution in [2.75, 3.05) is 0 Å². The Morgan fingerprint density at radius 1 is 0.633 bits per heavy atom. The molecule has 6 nitrogen and oxygen atoms in total. The average Bonchev–Trinajstić information content (AvgIpc) is 2.98. The summed E-state index contributed by atoms with van der Waals surface area (Å²) in [5.74, 6) is -11.5.